The van der Waals surface area contributed by atoms with Crippen molar-refractivity contribution in [3.63, 3.8) is 0 Å². The van der Waals surface area contributed by atoms with Crippen molar-refractivity contribution >= 4 is 50.7 Å². The number of nitrogens with zero attached hydrogens (tertiary/aromatic N) is 2. The Balaban J connectivity index is 1.69. The van der Waals surface area contributed by atoms with Gasteiger partial charge in [-0.3, -0.25) is 13.9 Å². The van der Waals surface area contributed by atoms with Crippen LogP contribution in [0.5, 0.6) is 11.5 Å². The Kier molecular flexibility index (Phi) is 10.7. The molecule has 11 heteroatoms. The molecule has 0 aliphatic rings. The molecular formula is C32H31Cl2N3O5S. The maximum Gasteiger partial charge on any atom is 0.264 e. The van der Waals surface area contributed by atoms with Gasteiger partial charge in [0.2, 0.25) is 11.8 Å². The fraction of sp³-hybridized carbons (Fsp3) is 0.188. The minimum absolute atomic E-state index is 0.00288. The molecule has 0 radical (unpaired) electrons. The molecule has 4 aromatic rings. The topological polar surface area (TPSA) is 96.0 Å². The van der Waals surface area contributed by atoms with E-state index < -0.39 is 28.5 Å². The Labute approximate surface area is 261 Å². The summed E-state index contributed by atoms with van der Waals surface area (Å²) >= 11 is 12.3. The largest absolute Gasteiger partial charge is 0.457 e. The van der Waals surface area contributed by atoms with Crippen LogP contribution >= 0.6 is 23.2 Å². The number of amides is 2. The SMILES string of the molecule is CCNC(=O)C(C)N(Cc1ccc(Cl)c(Cl)c1)C(=O)CN(c1ccc(Oc2ccccc2)cc1)S(=O)(=O)c1ccccc1. The molecule has 0 saturated heterocycles. The first-order valence-electron chi connectivity index (χ1n) is 13.5. The van der Waals surface area contributed by atoms with Crippen molar-refractivity contribution in [2.45, 2.75) is 31.3 Å². The van der Waals surface area contributed by atoms with Crippen LogP contribution in [0.3, 0.4) is 0 Å². The Morgan fingerprint density at radius 3 is 2.05 bits per heavy atom. The fourth-order valence-corrected chi connectivity index (χ4v) is 6.05. The Morgan fingerprint density at radius 2 is 1.44 bits per heavy atom. The fourth-order valence-electron chi connectivity index (χ4n) is 4.29. The summed E-state index contributed by atoms with van der Waals surface area (Å²) in [7, 11) is -4.19. The molecule has 1 atom stereocenters. The zero-order chi connectivity index (χ0) is 31.0. The van der Waals surface area contributed by atoms with Crippen LogP contribution < -0.4 is 14.4 Å². The van der Waals surface area contributed by atoms with Gasteiger partial charge in [-0.25, -0.2) is 8.42 Å². The van der Waals surface area contributed by atoms with E-state index in [9.17, 15) is 18.0 Å². The zero-order valence-electron chi connectivity index (χ0n) is 23.6. The molecule has 0 saturated carbocycles. The van der Waals surface area contributed by atoms with Crippen LogP contribution in [-0.2, 0) is 26.2 Å². The van der Waals surface area contributed by atoms with Crippen LogP contribution in [-0.4, -0.2) is 44.3 Å². The van der Waals surface area contributed by atoms with Gasteiger partial charge in [-0.1, -0.05) is 65.7 Å². The third kappa shape index (κ3) is 8.07. The molecule has 4 aromatic carbocycles. The summed E-state index contributed by atoms with van der Waals surface area (Å²) in [4.78, 5) is 28.2. The van der Waals surface area contributed by atoms with E-state index in [1.807, 2.05) is 18.2 Å². The Hall–Kier alpha value is -4.05. The summed E-state index contributed by atoms with van der Waals surface area (Å²) in [6.07, 6.45) is 0. The molecule has 0 aromatic heterocycles. The van der Waals surface area contributed by atoms with Gasteiger partial charge < -0.3 is 15.0 Å². The first kappa shape index (κ1) is 31.9. The van der Waals surface area contributed by atoms with Gasteiger partial charge >= 0.3 is 0 Å². The number of likely N-dealkylation sites (N-methyl/N-ethyl adjacent to an activating group) is 1. The standard InChI is InChI=1S/C32H31Cl2N3O5S/c1-3-35-32(39)23(2)36(21-24-14-19-29(33)30(34)20-24)31(38)22-37(43(40,41)28-12-8-5-9-13-28)25-15-17-27(18-16-25)42-26-10-6-4-7-11-26/h4-20,23H,3,21-22H2,1-2H3,(H,35,39). The molecule has 0 aliphatic heterocycles. The van der Waals surface area contributed by atoms with E-state index in [0.717, 1.165) is 4.31 Å². The number of hydrogen-bond acceptors (Lipinski definition) is 5. The predicted octanol–water partition coefficient (Wildman–Crippen LogP) is 6.53. The average molecular weight is 641 g/mol. The van der Waals surface area contributed by atoms with Crippen LogP contribution in [0.2, 0.25) is 10.0 Å². The molecule has 1 N–H and O–H groups in total. The molecule has 4 rings (SSSR count). The number of rotatable bonds is 12. The number of sulfonamides is 1. The summed E-state index contributed by atoms with van der Waals surface area (Å²) in [5.74, 6) is 0.144. The second-order valence-corrected chi connectivity index (χ2v) is 12.3. The van der Waals surface area contributed by atoms with Gasteiger partial charge in [-0.2, -0.15) is 0 Å². The van der Waals surface area contributed by atoms with E-state index in [4.69, 9.17) is 27.9 Å². The minimum atomic E-state index is -4.19. The van der Waals surface area contributed by atoms with E-state index in [-0.39, 0.29) is 23.0 Å². The van der Waals surface area contributed by atoms with Crippen LogP contribution in [0.25, 0.3) is 0 Å². The lowest BCUT2D eigenvalue weighted by atomic mass is 10.1. The first-order valence-corrected chi connectivity index (χ1v) is 15.7. The molecule has 224 valence electrons. The lowest BCUT2D eigenvalue weighted by molar-refractivity contribution is -0.139. The highest BCUT2D eigenvalue weighted by Gasteiger charge is 2.32. The summed E-state index contributed by atoms with van der Waals surface area (Å²) in [5.41, 5.74) is 0.872. The number of ether oxygens (including phenoxy) is 1. The van der Waals surface area contributed by atoms with Crippen molar-refractivity contribution in [2.24, 2.45) is 0 Å². The highest BCUT2D eigenvalue weighted by molar-refractivity contribution is 7.92. The highest BCUT2D eigenvalue weighted by atomic mass is 35.5. The summed E-state index contributed by atoms with van der Waals surface area (Å²) in [5, 5.41) is 3.37. The number of benzene rings is 4. The molecule has 43 heavy (non-hydrogen) atoms. The molecular weight excluding hydrogens is 609 g/mol. The molecule has 0 bridgehead atoms. The van der Waals surface area contributed by atoms with Crippen LogP contribution in [0.15, 0.2) is 108 Å². The van der Waals surface area contributed by atoms with Gasteiger partial charge in [-0.05, 0) is 80.1 Å². The van der Waals surface area contributed by atoms with Crippen LogP contribution in [0, 0.1) is 0 Å². The molecule has 1 unspecified atom stereocenters. The third-order valence-corrected chi connectivity index (χ3v) is 9.10. The molecule has 0 fully saturated rings. The lowest BCUT2D eigenvalue weighted by Crippen LogP contribution is -2.51. The molecule has 8 nitrogen and oxygen atoms in total. The van der Waals surface area contributed by atoms with E-state index in [2.05, 4.69) is 5.32 Å². The minimum Gasteiger partial charge on any atom is -0.457 e. The Bertz CT molecular complexity index is 1650. The zero-order valence-corrected chi connectivity index (χ0v) is 25.9. The third-order valence-electron chi connectivity index (χ3n) is 6.57. The second-order valence-electron chi connectivity index (χ2n) is 9.57. The number of para-hydroxylation sites is 1. The summed E-state index contributed by atoms with van der Waals surface area (Å²) in [6, 6.07) is 27.4. The summed E-state index contributed by atoms with van der Waals surface area (Å²) in [6.45, 7) is 3.16. The molecule has 0 aliphatic carbocycles. The predicted molar refractivity (Wildman–Crippen MR) is 169 cm³/mol. The Morgan fingerprint density at radius 1 is 0.837 bits per heavy atom. The van der Waals surface area contributed by atoms with Gasteiger partial charge in [0.1, 0.15) is 24.1 Å². The smallest absolute Gasteiger partial charge is 0.264 e. The number of hydrogen-bond donors (Lipinski definition) is 1. The number of anilines is 1. The van der Waals surface area contributed by atoms with Gasteiger partial charge in [0.25, 0.3) is 10.0 Å². The van der Waals surface area contributed by atoms with Gasteiger partial charge in [-0.15, -0.1) is 0 Å². The van der Waals surface area contributed by atoms with Crippen molar-refractivity contribution in [1.82, 2.24) is 10.2 Å². The van der Waals surface area contributed by atoms with Crippen LogP contribution in [0.4, 0.5) is 5.69 Å². The van der Waals surface area contributed by atoms with Crippen molar-refractivity contribution in [2.75, 3.05) is 17.4 Å². The number of carbonyl (C=O) groups is 2. The highest BCUT2D eigenvalue weighted by Crippen LogP contribution is 2.29. The molecule has 0 spiro atoms. The first-order chi connectivity index (χ1) is 20.6. The van der Waals surface area contributed by atoms with E-state index in [1.165, 1.54) is 17.0 Å². The second kappa shape index (κ2) is 14.4. The average Bonchev–Trinajstić information content (AvgIpc) is 3.01. The molecule has 2 amide bonds. The lowest BCUT2D eigenvalue weighted by Gasteiger charge is -2.32. The number of nitrogens with one attached hydrogen (secondary N) is 1. The number of halogens is 2. The maximum absolute atomic E-state index is 14.0. The maximum atomic E-state index is 14.0. The summed E-state index contributed by atoms with van der Waals surface area (Å²) < 4.78 is 34.7. The molecule has 0 heterocycles. The number of carbonyl (C=O) groups excluding carboxylic acids is 2. The quantitative estimate of drug-likeness (QED) is 0.190. The van der Waals surface area contributed by atoms with E-state index in [0.29, 0.717) is 33.7 Å². The van der Waals surface area contributed by atoms with Crippen molar-refractivity contribution in [3.8, 4) is 11.5 Å². The van der Waals surface area contributed by atoms with E-state index in [1.54, 1.807) is 86.6 Å². The monoisotopic (exact) mass is 639 g/mol. The van der Waals surface area contributed by atoms with Gasteiger partial charge in [0.05, 0.1) is 20.6 Å². The van der Waals surface area contributed by atoms with Crippen molar-refractivity contribution in [3.05, 3.63) is 119 Å². The van der Waals surface area contributed by atoms with Crippen molar-refractivity contribution < 1.29 is 22.7 Å². The normalized spacial score (nSPS) is 11.8. The van der Waals surface area contributed by atoms with Gasteiger partial charge in [0, 0.05) is 13.1 Å². The van der Waals surface area contributed by atoms with E-state index >= 15 is 0 Å². The van der Waals surface area contributed by atoms with Crippen LogP contribution in [0.1, 0.15) is 19.4 Å². The van der Waals surface area contributed by atoms with Gasteiger partial charge in [0.15, 0.2) is 0 Å². The van der Waals surface area contributed by atoms with Crippen molar-refractivity contribution in [1.29, 1.82) is 0 Å².